The summed E-state index contributed by atoms with van der Waals surface area (Å²) in [7, 11) is 0. The summed E-state index contributed by atoms with van der Waals surface area (Å²) < 4.78 is 20.2. The molecule has 1 aliphatic heterocycles. The number of amides is 3. The Hall–Kier alpha value is -2.42. The zero-order chi connectivity index (χ0) is 18.7. The third-order valence-corrected chi connectivity index (χ3v) is 4.66. The molecule has 1 saturated heterocycles. The quantitative estimate of drug-likeness (QED) is 0.413. The number of nitrogens with one attached hydrogen (secondary N) is 1. The molecule has 0 radical (unpaired) electrons. The minimum Gasteiger partial charge on any atom is -0.493 e. The van der Waals surface area contributed by atoms with E-state index in [0.717, 1.165) is 19.8 Å². The van der Waals surface area contributed by atoms with Crippen LogP contribution in [0.3, 0.4) is 0 Å². The number of imide groups is 1. The van der Waals surface area contributed by atoms with Crippen molar-refractivity contribution >= 4 is 40.6 Å². The second-order valence-electron chi connectivity index (χ2n) is 5.59. The minimum atomic E-state index is -0.565. The summed E-state index contributed by atoms with van der Waals surface area (Å²) in [5.74, 6) is -0.174. The molecule has 3 rings (SSSR count). The predicted octanol–water partition coefficient (Wildman–Crippen LogP) is 3.92. The fraction of sp³-hybridized carbons (Fsp3) is 0.158. The van der Waals surface area contributed by atoms with Gasteiger partial charge in [0.2, 0.25) is 0 Å². The predicted molar refractivity (Wildman–Crippen MR) is 104 cm³/mol. The molecule has 0 spiro atoms. The molecule has 0 aliphatic carbocycles. The van der Waals surface area contributed by atoms with E-state index in [9.17, 15) is 14.0 Å². The first kappa shape index (κ1) is 18.4. The number of hydrogen-bond donors (Lipinski definition) is 1. The lowest BCUT2D eigenvalue weighted by atomic mass is 10.1. The molecule has 0 saturated carbocycles. The lowest BCUT2D eigenvalue weighted by Gasteiger charge is -2.12. The van der Waals surface area contributed by atoms with Crippen molar-refractivity contribution in [1.29, 1.82) is 0 Å². The van der Waals surface area contributed by atoms with Crippen LogP contribution in [0.5, 0.6) is 5.75 Å². The Morgan fingerprint density at radius 2 is 2.00 bits per heavy atom. The molecule has 1 fully saturated rings. The summed E-state index contributed by atoms with van der Waals surface area (Å²) in [5, 5.41) is 2.54. The minimum absolute atomic E-state index is 0.116. The van der Waals surface area contributed by atoms with Crippen molar-refractivity contribution in [1.82, 2.24) is 10.2 Å². The van der Waals surface area contributed by atoms with Gasteiger partial charge in [0.1, 0.15) is 17.3 Å². The van der Waals surface area contributed by atoms with Gasteiger partial charge in [0.15, 0.2) is 0 Å². The van der Waals surface area contributed by atoms with E-state index in [1.54, 1.807) is 30.3 Å². The second-order valence-corrected chi connectivity index (χ2v) is 6.76. The highest BCUT2D eigenvalue weighted by molar-refractivity contribution is 14.1. The summed E-state index contributed by atoms with van der Waals surface area (Å²) in [6, 6.07) is 11.0. The van der Waals surface area contributed by atoms with E-state index in [0.29, 0.717) is 6.61 Å². The molecule has 134 valence electrons. The monoisotopic (exact) mass is 466 g/mol. The maximum atomic E-state index is 13.8. The molecule has 1 N–H and O–H groups in total. The van der Waals surface area contributed by atoms with Crippen molar-refractivity contribution in [2.75, 3.05) is 6.61 Å². The topological polar surface area (TPSA) is 58.6 Å². The Morgan fingerprint density at radius 3 is 2.69 bits per heavy atom. The maximum Gasteiger partial charge on any atom is 0.329 e. The second kappa shape index (κ2) is 7.86. The zero-order valence-corrected chi connectivity index (χ0v) is 16.1. The van der Waals surface area contributed by atoms with E-state index in [1.807, 2.05) is 19.1 Å². The average Bonchev–Trinajstić information content (AvgIpc) is 2.87. The van der Waals surface area contributed by atoms with Crippen LogP contribution in [-0.4, -0.2) is 23.4 Å². The number of rotatable bonds is 5. The summed E-state index contributed by atoms with van der Waals surface area (Å²) in [6.07, 6.45) is 1.60. The van der Waals surface area contributed by atoms with Gasteiger partial charge < -0.3 is 10.1 Å². The Kier molecular flexibility index (Phi) is 5.55. The third kappa shape index (κ3) is 3.87. The molecule has 0 aromatic heterocycles. The molecule has 0 atom stereocenters. The van der Waals surface area contributed by atoms with Crippen LogP contribution in [0.4, 0.5) is 9.18 Å². The molecule has 1 heterocycles. The highest BCUT2D eigenvalue weighted by Gasteiger charge is 2.33. The molecule has 3 amide bonds. The van der Waals surface area contributed by atoms with Crippen molar-refractivity contribution in [2.45, 2.75) is 13.5 Å². The number of benzene rings is 2. The van der Waals surface area contributed by atoms with Crippen molar-refractivity contribution < 1.29 is 18.7 Å². The van der Waals surface area contributed by atoms with Crippen LogP contribution in [-0.2, 0) is 11.3 Å². The summed E-state index contributed by atoms with van der Waals surface area (Å²) >= 11 is 2.15. The van der Waals surface area contributed by atoms with Gasteiger partial charge in [-0.15, -0.1) is 0 Å². The molecule has 5 nitrogen and oxygen atoms in total. The Morgan fingerprint density at radius 1 is 1.23 bits per heavy atom. The first-order valence-electron chi connectivity index (χ1n) is 8.00. The van der Waals surface area contributed by atoms with Gasteiger partial charge in [0.05, 0.1) is 16.7 Å². The van der Waals surface area contributed by atoms with Gasteiger partial charge in [0, 0.05) is 5.56 Å². The number of carbonyl (C=O) groups is 2. The Labute approximate surface area is 164 Å². The van der Waals surface area contributed by atoms with Gasteiger partial charge in [-0.1, -0.05) is 24.3 Å². The van der Waals surface area contributed by atoms with E-state index in [1.165, 1.54) is 6.07 Å². The van der Waals surface area contributed by atoms with E-state index in [2.05, 4.69) is 27.9 Å². The van der Waals surface area contributed by atoms with Crippen LogP contribution < -0.4 is 10.1 Å². The molecular formula is C19H16FIN2O3. The molecule has 2 aromatic carbocycles. The summed E-state index contributed by atoms with van der Waals surface area (Å²) in [5.41, 5.74) is 1.20. The van der Waals surface area contributed by atoms with Crippen molar-refractivity contribution in [3.05, 3.63) is 68.7 Å². The molecule has 0 bridgehead atoms. The van der Waals surface area contributed by atoms with Gasteiger partial charge in [0.25, 0.3) is 5.91 Å². The molecule has 1 aliphatic rings. The lowest BCUT2D eigenvalue weighted by molar-refractivity contribution is -0.123. The highest BCUT2D eigenvalue weighted by atomic mass is 127. The van der Waals surface area contributed by atoms with Crippen LogP contribution in [0.15, 0.2) is 48.2 Å². The van der Waals surface area contributed by atoms with E-state index >= 15 is 0 Å². The van der Waals surface area contributed by atoms with Crippen LogP contribution in [0, 0.1) is 9.39 Å². The fourth-order valence-corrected chi connectivity index (χ4v) is 3.25. The summed E-state index contributed by atoms with van der Waals surface area (Å²) in [6.45, 7) is 2.36. The van der Waals surface area contributed by atoms with Crippen LogP contribution in [0.2, 0.25) is 0 Å². The SMILES string of the molecule is CCOc1ccc(/C=C2/NC(=O)N(Cc3ccccc3F)C2=O)cc1I. The molecule has 2 aromatic rings. The standard InChI is InChI=1S/C19H16FIN2O3/c1-2-26-17-8-7-12(9-15(17)21)10-16-18(24)23(19(25)22-16)11-13-5-3-4-6-14(13)20/h3-10H,2,11H2,1H3,(H,22,25)/b16-10+. The average molecular weight is 466 g/mol. The largest absolute Gasteiger partial charge is 0.493 e. The normalized spacial score (nSPS) is 15.5. The molecule has 7 heteroatoms. The van der Waals surface area contributed by atoms with Gasteiger partial charge in [-0.3, -0.25) is 9.69 Å². The highest BCUT2D eigenvalue weighted by Crippen LogP contribution is 2.24. The molecular weight excluding hydrogens is 450 g/mol. The van der Waals surface area contributed by atoms with E-state index in [4.69, 9.17) is 4.74 Å². The first-order chi connectivity index (χ1) is 12.5. The molecule has 26 heavy (non-hydrogen) atoms. The third-order valence-electron chi connectivity index (χ3n) is 3.82. The lowest BCUT2D eigenvalue weighted by Crippen LogP contribution is -2.30. The van der Waals surface area contributed by atoms with Gasteiger partial charge >= 0.3 is 6.03 Å². The zero-order valence-electron chi connectivity index (χ0n) is 14.0. The van der Waals surface area contributed by atoms with Crippen molar-refractivity contribution in [2.24, 2.45) is 0 Å². The number of hydrogen-bond acceptors (Lipinski definition) is 3. The van der Waals surface area contributed by atoms with Crippen molar-refractivity contribution in [3.8, 4) is 5.75 Å². The summed E-state index contributed by atoms with van der Waals surface area (Å²) in [4.78, 5) is 25.6. The van der Waals surface area contributed by atoms with Crippen LogP contribution >= 0.6 is 22.6 Å². The van der Waals surface area contributed by atoms with Crippen LogP contribution in [0.1, 0.15) is 18.1 Å². The van der Waals surface area contributed by atoms with Gasteiger partial charge in [-0.25, -0.2) is 9.18 Å². The molecule has 0 unspecified atom stereocenters. The first-order valence-corrected chi connectivity index (χ1v) is 9.07. The van der Waals surface area contributed by atoms with Crippen molar-refractivity contribution in [3.63, 3.8) is 0 Å². The van der Waals surface area contributed by atoms with Gasteiger partial charge in [-0.2, -0.15) is 0 Å². The number of ether oxygens (including phenoxy) is 1. The van der Waals surface area contributed by atoms with E-state index < -0.39 is 17.8 Å². The Balaban J connectivity index is 1.81. The fourth-order valence-electron chi connectivity index (χ4n) is 2.56. The van der Waals surface area contributed by atoms with Crippen LogP contribution in [0.25, 0.3) is 6.08 Å². The Bertz CT molecular complexity index is 898. The van der Waals surface area contributed by atoms with E-state index in [-0.39, 0.29) is 17.8 Å². The maximum absolute atomic E-state index is 13.8. The smallest absolute Gasteiger partial charge is 0.329 e. The van der Waals surface area contributed by atoms with Gasteiger partial charge in [-0.05, 0) is 59.4 Å². The number of urea groups is 1. The number of halogens is 2. The number of carbonyl (C=O) groups excluding carboxylic acids is 2. The number of nitrogens with zero attached hydrogens (tertiary/aromatic N) is 1.